The lowest BCUT2D eigenvalue weighted by Gasteiger charge is -2.06. The summed E-state index contributed by atoms with van der Waals surface area (Å²) in [4.78, 5) is 11.5. The largest absolute Gasteiger partial charge is 0.409 e. The highest BCUT2D eigenvalue weighted by molar-refractivity contribution is 9.10. The first-order valence-electron chi connectivity index (χ1n) is 4.25. The molecule has 1 amide bonds. The van der Waals surface area contributed by atoms with Gasteiger partial charge in [0.15, 0.2) is 5.84 Å². The SMILES string of the molecule is N/C(CNC(=O)c1cccc(F)c1Br)=N/O. The molecule has 0 aliphatic heterocycles. The van der Waals surface area contributed by atoms with E-state index in [1.165, 1.54) is 18.2 Å². The smallest absolute Gasteiger partial charge is 0.252 e. The third kappa shape index (κ3) is 2.93. The highest BCUT2D eigenvalue weighted by atomic mass is 79.9. The van der Waals surface area contributed by atoms with Gasteiger partial charge in [0, 0.05) is 0 Å². The number of amides is 1. The number of oxime groups is 1. The van der Waals surface area contributed by atoms with Crippen LogP contribution in [0.1, 0.15) is 10.4 Å². The van der Waals surface area contributed by atoms with Gasteiger partial charge in [0.05, 0.1) is 16.6 Å². The Bertz CT molecular complexity index is 437. The molecule has 0 aromatic heterocycles. The van der Waals surface area contributed by atoms with Gasteiger partial charge in [-0.05, 0) is 28.1 Å². The lowest BCUT2D eigenvalue weighted by atomic mass is 10.2. The number of nitrogens with two attached hydrogens (primary N) is 1. The average molecular weight is 290 g/mol. The Morgan fingerprint density at radius 1 is 1.62 bits per heavy atom. The molecule has 1 aromatic carbocycles. The van der Waals surface area contributed by atoms with Crippen molar-refractivity contribution in [2.45, 2.75) is 0 Å². The van der Waals surface area contributed by atoms with E-state index in [1.54, 1.807) is 0 Å². The second-order valence-corrected chi connectivity index (χ2v) is 3.67. The van der Waals surface area contributed by atoms with E-state index in [1.807, 2.05) is 0 Å². The monoisotopic (exact) mass is 289 g/mol. The van der Waals surface area contributed by atoms with Gasteiger partial charge in [0.25, 0.3) is 5.91 Å². The normalized spacial score (nSPS) is 11.2. The summed E-state index contributed by atoms with van der Waals surface area (Å²) in [5.74, 6) is -1.18. The molecule has 0 aliphatic carbocycles. The van der Waals surface area contributed by atoms with Gasteiger partial charge in [-0.3, -0.25) is 4.79 Å². The molecule has 0 spiro atoms. The van der Waals surface area contributed by atoms with Crippen molar-refractivity contribution < 1.29 is 14.4 Å². The van der Waals surface area contributed by atoms with Crippen molar-refractivity contribution in [3.8, 4) is 0 Å². The van der Waals surface area contributed by atoms with E-state index in [9.17, 15) is 9.18 Å². The van der Waals surface area contributed by atoms with Crippen molar-refractivity contribution in [2.24, 2.45) is 10.9 Å². The van der Waals surface area contributed by atoms with E-state index in [0.717, 1.165) is 0 Å². The molecule has 7 heteroatoms. The first kappa shape index (κ1) is 12.4. The van der Waals surface area contributed by atoms with Crippen LogP contribution in [0, 0.1) is 5.82 Å². The lowest BCUT2D eigenvalue weighted by Crippen LogP contribution is -2.33. The van der Waals surface area contributed by atoms with Crippen LogP contribution in [0.25, 0.3) is 0 Å². The molecule has 1 aromatic rings. The number of halogens is 2. The Hall–Kier alpha value is -1.63. The van der Waals surface area contributed by atoms with Crippen LogP contribution in [0.15, 0.2) is 27.8 Å². The highest BCUT2D eigenvalue weighted by Crippen LogP contribution is 2.19. The predicted octanol–water partition coefficient (Wildman–Crippen LogP) is 1.06. The predicted molar refractivity (Wildman–Crippen MR) is 59.8 cm³/mol. The molecule has 0 aliphatic rings. The van der Waals surface area contributed by atoms with Crippen molar-refractivity contribution in [2.75, 3.05) is 6.54 Å². The summed E-state index contributed by atoms with van der Waals surface area (Å²) in [5.41, 5.74) is 5.31. The van der Waals surface area contributed by atoms with Crippen LogP contribution in [0.3, 0.4) is 0 Å². The second kappa shape index (κ2) is 5.45. The zero-order chi connectivity index (χ0) is 12.1. The Balaban J connectivity index is 2.78. The quantitative estimate of drug-likeness (QED) is 0.337. The molecule has 0 bridgehead atoms. The van der Waals surface area contributed by atoms with E-state index in [2.05, 4.69) is 26.4 Å². The van der Waals surface area contributed by atoms with Crippen LogP contribution in [-0.2, 0) is 0 Å². The molecule has 5 nitrogen and oxygen atoms in total. The third-order valence-corrected chi connectivity index (χ3v) is 2.56. The minimum Gasteiger partial charge on any atom is -0.409 e. The molecule has 0 saturated carbocycles. The van der Waals surface area contributed by atoms with Crippen LogP contribution in [0.2, 0.25) is 0 Å². The van der Waals surface area contributed by atoms with Crippen molar-refractivity contribution in [3.05, 3.63) is 34.1 Å². The molecular weight excluding hydrogens is 281 g/mol. The number of nitrogens with one attached hydrogen (secondary N) is 1. The summed E-state index contributed by atoms with van der Waals surface area (Å²) < 4.78 is 13.2. The molecule has 4 N–H and O–H groups in total. The fourth-order valence-electron chi connectivity index (χ4n) is 0.981. The molecular formula is C9H9BrFN3O2. The Morgan fingerprint density at radius 3 is 2.94 bits per heavy atom. The number of hydrogen-bond donors (Lipinski definition) is 3. The summed E-state index contributed by atoms with van der Waals surface area (Å²) in [7, 11) is 0. The number of carbonyl (C=O) groups is 1. The molecule has 1 rings (SSSR count). The number of nitrogens with zero attached hydrogens (tertiary/aromatic N) is 1. The first-order chi connectivity index (χ1) is 7.56. The van der Waals surface area contributed by atoms with Gasteiger partial charge in [-0.15, -0.1) is 0 Å². The first-order valence-corrected chi connectivity index (χ1v) is 5.04. The molecule has 0 atom stereocenters. The van der Waals surface area contributed by atoms with Crippen molar-refractivity contribution >= 4 is 27.7 Å². The number of rotatable bonds is 3. The average Bonchev–Trinajstić information content (AvgIpc) is 2.29. The van der Waals surface area contributed by atoms with Crippen LogP contribution in [-0.4, -0.2) is 23.5 Å². The van der Waals surface area contributed by atoms with E-state index < -0.39 is 11.7 Å². The maximum absolute atomic E-state index is 13.1. The maximum Gasteiger partial charge on any atom is 0.252 e. The second-order valence-electron chi connectivity index (χ2n) is 2.88. The van der Waals surface area contributed by atoms with E-state index >= 15 is 0 Å². The summed E-state index contributed by atoms with van der Waals surface area (Å²) in [5, 5.41) is 13.3. The Kier molecular flexibility index (Phi) is 4.24. The molecule has 0 radical (unpaired) electrons. The number of benzene rings is 1. The molecule has 0 fully saturated rings. The summed E-state index contributed by atoms with van der Waals surface area (Å²) in [6, 6.07) is 4.09. The third-order valence-electron chi connectivity index (χ3n) is 1.75. The van der Waals surface area contributed by atoms with Crippen LogP contribution >= 0.6 is 15.9 Å². The van der Waals surface area contributed by atoms with Gasteiger partial charge in [-0.25, -0.2) is 4.39 Å². The van der Waals surface area contributed by atoms with E-state index in [4.69, 9.17) is 10.9 Å². The number of hydrogen-bond acceptors (Lipinski definition) is 3. The minimum absolute atomic E-state index is 0.0759. The standard InChI is InChI=1S/C9H9BrFN3O2/c10-8-5(2-1-3-6(8)11)9(15)13-4-7(12)14-16/h1-3,16H,4H2,(H2,12,14)(H,13,15). The van der Waals surface area contributed by atoms with Gasteiger partial charge < -0.3 is 16.3 Å². The Labute approximate surface area is 99.3 Å². The minimum atomic E-state index is -0.531. The highest BCUT2D eigenvalue weighted by Gasteiger charge is 2.12. The van der Waals surface area contributed by atoms with E-state index in [-0.39, 0.29) is 22.4 Å². The van der Waals surface area contributed by atoms with Gasteiger partial charge in [-0.1, -0.05) is 11.2 Å². The topological polar surface area (TPSA) is 87.7 Å². The van der Waals surface area contributed by atoms with Gasteiger partial charge in [0.2, 0.25) is 0 Å². The molecule has 16 heavy (non-hydrogen) atoms. The number of amidine groups is 1. The van der Waals surface area contributed by atoms with Crippen molar-refractivity contribution in [1.29, 1.82) is 0 Å². The molecule has 0 saturated heterocycles. The van der Waals surface area contributed by atoms with Crippen LogP contribution in [0.5, 0.6) is 0 Å². The molecule has 86 valence electrons. The van der Waals surface area contributed by atoms with E-state index in [0.29, 0.717) is 0 Å². The zero-order valence-corrected chi connectivity index (χ0v) is 9.66. The van der Waals surface area contributed by atoms with Crippen molar-refractivity contribution in [3.63, 3.8) is 0 Å². The zero-order valence-electron chi connectivity index (χ0n) is 8.08. The van der Waals surface area contributed by atoms with Gasteiger partial charge in [0.1, 0.15) is 5.82 Å². The lowest BCUT2D eigenvalue weighted by molar-refractivity contribution is 0.0957. The number of carbonyl (C=O) groups excluding carboxylic acids is 1. The van der Waals surface area contributed by atoms with Crippen LogP contribution < -0.4 is 11.1 Å². The Morgan fingerprint density at radius 2 is 2.31 bits per heavy atom. The molecule has 0 unspecified atom stereocenters. The molecule has 0 heterocycles. The van der Waals surface area contributed by atoms with Gasteiger partial charge >= 0.3 is 0 Å². The van der Waals surface area contributed by atoms with Crippen LogP contribution in [0.4, 0.5) is 4.39 Å². The summed E-state index contributed by atoms with van der Waals surface area (Å²) >= 11 is 2.96. The summed E-state index contributed by atoms with van der Waals surface area (Å²) in [6.07, 6.45) is 0. The maximum atomic E-state index is 13.1. The van der Waals surface area contributed by atoms with Gasteiger partial charge in [-0.2, -0.15) is 0 Å². The fraction of sp³-hybridized carbons (Fsp3) is 0.111. The van der Waals surface area contributed by atoms with Crippen molar-refractivity contribution in [1.82, 2.24) is 5.32 Å². The summed E-state index contributed by atoms with van der Waals surface area (Å²) in [6.45, 7) is -0.113. The fourth-order valence-corrected chi connectivity index (χ4v) is 1.42.